The Kier molecular flexibility index (Phi) is 14.3. The molecule has 7 nitrogen and oxygen atoms in total. The van der Waals surface area contributed by atoms with E-state index >= 15 is 0 Å². The van der Waals surface area contributed by atoms with Crippen molar-refractivity contribution in [3.8, 4) is 0 Å². The maximum atomic E-state index is 10.5. The predicted molar refractivity (Wildman–Crippen MR) is 116 cm³/mol. The number of benzene rings is 1. The summed E-state index contributed by atoms with van der Waals surface area (Å²) in [4.78, 5) is 28.3. The van der Waals surface area contributed by atoms with Crippen molar-refractivity contribution < 1.29 is 55.9 Å². The molecule has 0 aliphatic heterocycles. The molecule has 31 heavy (non-hydrogen) atoms. The molecule has 2 aromatic heterocycles. The fourth-order valence-electron chi connectivity index (χ4n) is 2.00. The Bertz CT molecular complexity index is 912. The van der Waals surface area contributed by atoms with Crippen LogP contribution in [0.15, 0.2) is 55.1 Å². The van der Waals surface area contributed by atoms with Crippen molar-refractivity contribution in [2.75, 3.05) is 0 Å². The first-order valence-corrected chi connectivity index (χ1v) is 9.32. The Hall–Kier alpha value is -1.71. The Morgan fingerprint density at radius 1 is 0.839 bits per heavy atom. The van der Waals surface area contributed by atoms with Crippen LogP contribution in [0, 0.1) is 6.92 Å². The molecule has 3 rings (SSSR count). The second-order valence-electron chi connectivity index (χ2n) is 5.55. The fourth-order valence-corrected chi connectivity index (χ4v) is 2.81. The smallest absolute Gasteiger partial charge is 1.00 e. The zero-order valence-electron chi connectivity index (χ0n) is 17.6. The SMILES string of the molecule is Cc1cncc(Cl)c1C(=O)O.O=C(O)c1c(Cl)cncc1Cl.OCc1ccccc1.[H-].[Na+]. The summed E-state index contributed by atoms with van der Waals surface area (Å²) in [5, 5.41) is 26.0. The van der Waals surface area contributed by atoms with E-state index in [1.165, 1.54) is 24.8 Å². The second kappa shape index (κ2) is 15.2. The molecule has 0 radical (unpaired) electrons. The van der Waals surface area contributed by atoms with Crippen LogP contribution in [0.4, 0.5) is 0 Å². The number of aromatic carboxylic acids is 2. The molecule has 0 aliphatic rings. The number of aromatic nitrogens is 2. The van der Waals surface area contributed by atoms with E-state index in [2.05, 4.69) is 9.97 Å². The summed E-state index contributed by atoms with van der Waals surface area (Å²) in [6.45, 7) is 1.79. The van der Waals surface area contributed by atoms with Crippen molar-refractivity contribution in [2.24, 2.45) is 0 Å². The van der Waals surface area contributed by atoms with Gasteiger partial charge in [-0.3, -0.25) is 9.97 Å². The Morgan fingerprint density at radius 3 is 1.55 bits per heavy atom. The van der Waals surface area contributed by atoms with E-state index < -0.39 is 11.9 Å². The van der Waals surface area contributed by atoms with Gasteiger partial charge >= 0.3 is 41.5 Å². The van der Waals surface area contributed by atoms with Crippen LogP contribution >= 0.6 is 34.8 Å². The maximum Gasteiger partial charge on any atom is 1.00 e. The summed E-state index contributed by atoms with van der Waals surface area (Å²) in [7, 11) is 0. The molecular formula is C20H18Cl3N2NaO5. The summed E-state index contributed by atoms with van der Waals surface area (Å²) in [5.41, 5.74) is 1.56. The van der Waals surface area contributed by atoms with Gasteiger partial charge in [-0.25, -0.2) is 9.59 Å². The monoisotopic (exact) mass is 494 g/mol. The third-order valence-electron chi connectivity index (χ3n) is 3.40. The van der Waals surface area contributed by atoms with Gasteiger partial charge in [0.25, 0.3) is 0 Å². The number of aliphatic hydroxyl groups is 1. The summed E-state index contributed by atoms with van der Waals surface area (Å²) in [6.07, 6.45) is 5.25. The normalized spacial score (nSPS) is 9.19. The zero-order chi connectivity index (χ0) is 22.7. The molecular weight excluding hydrogens is 478 g/mol. The minimum absolute atomic E-state index is 0. The number of carbonyl (C=O) groups is 2. The number of carboxylic acids is 2. The maximum absolute atomic E-state index is 10.5. The van der Waals surface area contributed by atoms with Gasteiger partial charge in [0, 0.05) is 24.8 Å². The Labute approximate surface area is 217 Å². The van der Waals surface area contributed by atoms with Crippen molar-refractivity contribution >= 4 is 46.7 Å². The van der Waals surface area contributed by atoms with Gasteiger partial charge < -0.3 is 16.7 Å². The number of pyridine rings is 2. The van der Waals surface area contributed by atoms with E-state index in [1.54, 1.807) is 6.92 Å². The first-order chi connectivity index (χ1) is 14.2. The Morgan fingerprint density at radius 2 is 1.26 bits per heavy atom. The molecule has 0 spiro atoms. The molecule has 3 N–H and O–H groups in total. The molecule has 0 fully saturated rings. The number of rotatable bonds is 3. The molecule has 1 aromatic carbocycles. The average Bonchev–Trinajstić information content (AvgIpc) is 2.69. The first-order valence-electron chi connectivity index (χ1n) is 8.19. The first kappa shape index (κ1) is 29.3. The molecule has 3 aromatic rings. The number of carboxylic acid groups (broad SMARTS) is 2. The van der Waals surface area contributed by atoms with Crippen LogP contribution in [0.5, 0.6) is 0 Å². The van der Waals surface area contributed by atoms with Crippen LogP contribution in [-0.2, 0) is 6.61 Å². The van der Waals surface area contributed by atoms with E-state index in [0.29, 0.717) is 5.56 Å². The summed E-state index contributed by atoms with van der Waals surface area (Å²) >= 11 is 16.6. The molecule has 0 bridgehead atoms. The standard InChI is InChI=1S/C7H6ClNO2.C7H8O.C6H3Cl2NO2.Na.H/c1-4-2-9-3-5(8)6(4)7(10)11;8-6-7-4-2-1-3-5-7;7-3-1-9-2-4(8)5(3)6(10)11;;/h2-3H,1H3,(H,10,11);1-5,8H,6H2;1-2H,(H,10,11);;/q;;;+1;-1. The largest absolute Gasteiger partial charge is 1.00 e. The van der Waals surface area contributed by atoms with Crippen LogP contribution in [0.2, 0.25) is 15.1 Å². The Balaban J connectivity index is 0. The van der Waals surface area contributed by atoms with Gasteiger partial charge in [-0.15, -0.1) is 0 Å². The summed E-state index contributed by atoms with van der Waals surface area (Å²) < 4.78 is 0. The number of aryl methyl sites for hydroxylation is 1. The molecule has 0 saturated heterocycles. The van der Waals surface area contributed by atoms with Crippen LogP contribution in [-0.4, -0.2) is 37.2 Å². The van der Waals surface area contributed by atoms with Gasteiger partial charge in [-0.1, -0.05) is 65.1 Å². The molecule has 160 valence electrons. The van der Waals surface area contributed by atoms with Gasteiger partial charge in [0.15, 0.2) is 0 Å². The molecule has 0 atom stereocenters. The molecule has 11 heteroatoms. The van der Waals surface area contributed by atoms with Crippen LogP contribution in [0.3, 0.4) is 0 Å². The minimum Gasteiger partial charge on any atom is -1.00 e. The minimum atomic E-state index is -1.15. The van der Waals surface area contributed by atoms with Gasteiger partial charge in [0.2, 0.25) is 0 Å². The average molecular weight is 496 g/mol. The molecule has 0 saturated carbocycles. The van der Waals surface area contributed by atoms with Crippen LogP contribution in [0.1, 0.15) is 33.3 Å². The van der Waals surface area contributed by atoms with Gasteiger partial charge in [-0.05, 0) is 18.1 Å². The fraction of sp³-hybridized carbons (Fsp3) is 0.100. The van der Waals surface area contributed by atoms with E-state index in [0.717, 1.165) is 5.56 Å². The molecule has 0 unspecified atom stereocenters. The summed E-state index contributed by atoms with van der Waals surface area (Å²) in [5.74, 6) is -2.17. The van der Waals surface area contributed by atoms with Crippen molar-refractivity contribution in [3.05, 3.63) is 92.4 Å². The molecule has 0 aliphatic carbocycles. The van der Waals surface area contributed by atoms with E-state index in [1.807, 2.05) is 30.3 Å². The number of nitrogens with zero attached hydrogens (tertiary/aromatic N) is 2. The van der Waals surface area contributed by atoms with Gasteiger partial charge in [0.05, 0.1) is 32.8 Å². The van der Waals surface area contributed by atoms with E-state index in [-0.39, 0.29) is 63.8 Å². The molecule has 2 heterocycles. The van der Waals surface area contributed by atoms with Crippen LogP contribution < -0.4 is 29.6 Å². The molecule has 0 amide bonds. The second-order valence-corrected chi connectivity index (χ2v) is 6.77. The number of aliphatic hydroxyl groups excluding tert-OH is 1. The van der Waals surface area contributed by atoms with E-state index in [4.69, 9.17) is 50.1 Å². The van der Waals surface area contributed by atoms with Gasteiger partial charge in [0.1, 0.15) is 0 Å². The summed E-state index contributed by atoms with van der Waals surface area (Å²) in [6, 6.07) is 9.52. The predicted octanol–water partition coefficient (Wildman–Crippen LogP) is 2.12. The van der Waals surface area contributed by atoms with Crippen molar-refractivity contribution in [2.45, 2.75) is 13.5 Å². The van der Waals surface area contributed by atoms with Crippen molar-refractivity contribution in [1.82, 2.24) is 9.97 Å². The van der Waals surface area contributed by atoms with E-state index in [9.17, 15) is 9.59 Å². The number of hydrogen-bond acceptors (Lipinski definition) is 5. The van der Waals surface area contributed by atoms with Crippen molar-refractivity contribution in [1.29, 1.82) is 0 Å². The number of halogens is 3. The topological polar surface area (TPSA) is 121 Å². The zero-order valence-corrected chi connectivity index (χ0v) is 20.9. The van der Waals surface area contributed by atoms with Gasteiger partial charge in [-0.2, -0.15) is 0 Å². The van der Waals surface area contributed by atoms with Crippen molar-refractivity contribution in [3.63, 3.8) is 0 Å². The third-order valence-corrected chi connectivity index (χ3v) is 4.26. The van der Waals surface area contributed by atoms with Crippen LogP contribution in [0.25, 0.3) is 0 Å². The third kappa shape index (κ3) is 9.97. The quantitative estimate of drug-likeness (QED) is 0.476. The number of hydrogen-bond donors (Lipinski definition) is 3.